The van der Waals surface area contributed by atoms with Crippen LogP contribution in [0.5, 0.6) is 0 Å². The fourth-order valence-corrected chi connectivity index (χ4v) is 1.12. The van der Waals surface area contributed by atoms with Crippen LogP contribution in [0.25, 0.3) is 0 Å². The van der Waals surface area contributed by atoms with Gasteiger partial charge in [-0.15, -0.1) is 0 Å². The molecular formula is C10H16NO2. The smallest absolute Gasteiger partial charge is 0.311 e. The molecule has 13 heavy (non-hydrogen) atoms. The molecule has 0 saturated heterocycles. The van der Waals surface area contributed by atoms with Crippen LogP contribution in [0.4, 0.5) is 0 Å². The monoisotopic (exact) mass is 182 g/mol. The van der Waals surface area contributed by atoms with Crippen LogP contribution >= 0.6 is 0 Å². The molecule has 1 rings (SSSR count). The number of ether oxygens (including phenoxy) is 1. The van der Waals surface area contributed by atoms with E-state index in [0.717, 1.165) is 12.8 Å². The van der Waals surface area contributed by atoms with Crippen LogP contribution in [-0.2, 0) is 9.53 Å². The Kier molecular flexibility index (Phi) is 3.07. The molecule has 73 valence electrons. The molecule has 0 N–H and O–H groups in total. The van der Waals surface area contributed by atoms with E-state index in [1.807, 2.05) is 27.0 Å². The summed E-state index contributed by atoms with van der Waals surface area (Å²) < 4.78 is 5.23. The lowest BCUT2D eigenvalue weighted by molar-refractivity contribution is -0.159. The van der Waals surface area contributed by atoms with Crippen LogP contribution in [0.3, 0.4) is 0 Å². The molecule has 1 aliphatic rings. The van der Waals surface area contributed by atoms with Crippen molar-refractivity contribution < 1.29 is 9.53 Å². The van der Waals surface area contributed by atoms with Crippen molar-refractivity contribution in [2.45, 2.75) is 39.2 Å². The highest BCUT2D eigenvalue weighted by molar-refractivity contribution is 5.76. The zero-order valence-corrected chi connectivity index (χ0v) is 8.41. The van der Waals surface area contributed by atoms with Crippen molar-refractivity contribution in [3.05, 3.63) is 6.54 Å². The first-order valence-corrected chi connectivity index (χ1v) is 4.57. The standard InChI is InChI=1S/C10H16NO2/c1-10(2,3)13-9(12)8-5-4-6-11-7-8/h6-8H,4-5H2,1-3H3. The predicted octanol–water partition coefficient (Wildman–Crippen LogP) is 1.97. The Morgan fingerprint density at radius 1 is 1.54 bits per heavy atom. The first kappa shape index (κ1) is 10.2. The molecule has 1 atom stereocenters. The van der Waals surface area contributed by atoms with E-state index in [9.17, 15) is 4.79 Å². The molecule has 0 bridgehead atoms. The third kappa shape index (κ3) is 3.57. The van der Waals surface area contributed by atoms with Crippen molar-refractivity contribution in [3.63, 3.8) is 0 Å². The average molecular weight is 182 g/mol. The lowest BCUT2D eigenvalue weighted by atomic mass is 10.0. The average Bonchev–Trinajstić information content (AvgIpc) is 2.03. The van der Waals surface area contributed by atoms with Gasteiger partial charge in [-0.25, -0.2) is 0 Å². The first-order chi connectivity index (χ1) is 5.99. The van der Waals surface area contributed by atoms with Crippen LogP contribution in [0.15, 0.2) is 4.99 Å². The minimum atomic E-state index is -0.397. The summed E-state index contributed by atoms with van der Waals surface area (Å²) in [4.78, 5) is 15.4. The molecule has 1 aliphatic heterocycles. The number of esters is 1. The third-order valence-electron chi connectivity index (χ3n) is 1.69. The second kappa shape index (κ2) is 3.90. The summed E-state index contributed by atoms with van der Waals surface area (Å²) in [5.41, 5.74) is -0.397. The SMILES string of the molecule is CC(C)(C)OC(=O)C1[CH]N=CCC1. The van der Waals surface area contributed by atoms with Crippen molar-refractivity contribution in [2.24, 2.45) is 10.9 Å². The highest BCUT2D eigenvalue weighted by Gasteiger charge is 2.25. The quantitative estimate of drug-likeness (QED) is 0.581. The number of carbonyl (C=O) groups excluding carboxylic acids is 1. The van der Waals surface area contributed by atoms with Crippen molar-refractivity contribution in [3.8, 4) is 0 Å². The number of hydrogen-bond donors (Lipinski definition) is 0. The predicted molar refractivity (Wildman–Crippen MR) is 51.4 cm³/mol. The lowest BCUT2D eigenvalue weighted by Gasteiger charge is -2.23. The summed E-state index contributed by atoms with van der Waals surface area (Å²) >= 11 is 0. The van der Waals surface area contributed by atoms with E-state index in [-0.39, 0.29) is 11.9 Å². The Bertz CT molecular complexity index is 215. The Morgan fingerprint density at radius 3 is 2.69 bits per heavy atom. The molecule has 1 radical (unpaired) electrons. The summed E-state index contributed by atoms with van der Waals surface area (Å²) in [5, 5.41) is 0. The molecule has 0 saturated carbocycles. The molecule has 0 spiro atoms. The highest BCUT2D eigenvalue weighted by atomic mass is 16.6. The second-order valence-electron chi connectivity index (χ2n) is 4.20. The number of aliphatic imine (C=N–C) groups is 1. The van der Waals surface area contributed by atoms with Gasteiger partial charge in [0.2, 0.25) is 0 Å². The molecule has 0 amide bonds. The minimum absolute atomic E-state index is 0.149. The van der Waals surface area contributed by atoms with Gasteiger partial charge in [0.15, 0.2) is 0 Å². The molecule has 0 aromatic rings. The molecule has 1 unspecified atom stereocenters. The van der Waals surface area contributed by atoms with Gasteiger partial charge < -0.3 is 4.74 Å². The maximum atomic E-state index is 11.5. The maximum Gasteiger partial charge on any atom is 0.311 e. The summed E-state index contributed by atoms with van der Waals surface area (Å²) in [5.74, 6) is -0.312. The fraction of sp³-hybridized carbons (Fsp3) is 0.700. The van der Waals surface area contributed by atoms with Crippen LogP contribution in [0.1, 0.15) is 33.6 Å². The highest BCUT2D eigenvalue weighted by Crippen LogP contribution is 2.19. The molecule has 1 heterocycles. The van der Waals surface area contributed by atoms with Gasteiger partial charge in [0.25, 0.3) is 0 Å². The Labute approximate surface area is 79.2 Å². The molecule has 0 aromatic heterocycles. The summed E-state index contributed by atoms with van der Waals surface area (Å²) in [7, 11) is 0. The molecule has 0 aromatic carbocycles. The van der Waals surface area contributed by atoms with E-state index in [1.165, 1.54) is 0 Å². The third-order valence-corrected chi connectivity index (χ3v) is 1.69. The van der Waals surface area contributed by atoms with Crippen molar-refractivity contribution in [1.82, 2.24) is 0 Å². The number of hydrogen-bond acceptors (Lipinski definition) is 3. The Hall–Kier alpha value is -0.860. The molecule has 3 nitrogen and oxygen atoms in total. The first-order valence-electron chi connectivity index (χ1n) is 4.57. The minimum Gasteiger partial charge on any atom is -0.460 e. The normalized spacial score (nSPS) is 22.8. The van der Waals surface area contributed by atoms with Crippen LogP contribution in [-0.4, -0.2) is 17.8 Å². The van der Waals surface area contributed by atoms with Crippen LogP contribution in [0, 0.1) is 12.5 Å². The van der Waals surface area contributed by atoms with Gasteiger partial charge in [-0.1, -0.05) is 0 Å². The number of rotatable bonds is 1. The molecular weight excluding hydrogens is 166 g/mol. The van der Waals surface area contributed by atoms with Gasteiger partial charge in [0.05, 0.1) is 12.5 Å². The zero-order chi connectivity index (χ0) is 9.90. The largest absolute Gasteiger partial charge is 0.460 e. The second-order valence-corrected chi connectivity index (χ2v) is 4.20. The van der Waals surface area contributed by atoms with Gasteiger partial charge in [-0.2, -0.15) is 0 Å². The fourth-order valence-electron chi connectivity index (χ4n) is 1.12. The van der Waals surface area contributed by atoms with Gasteiger partial charge in [0, 0.05) is 0 Å². The molecule has 0 aliphatic carbocycles. The number of carbonyl (C=O) groups is 1. The maximum absolute atomic E-state index is 11.5. The van der Waals surface area contributed by atoms with Gasteiger partial charge in [0.1, 0.15) is 5.60 Å². The van der Waals surface area contributed by atoms with E-state index in [0.29, 0.717) is 0 Å². The van der Waals surface area contributed by atoms with E-state index >= 15 is 0 Å². The summed E-state index contributed by atoms with van der Waals surface area (Å²) in [6.07, 6.45) is 3.50. The van der Waals surface area contributed by atoms with E-state index < -0.39 is 5.60 Å². The van der Waals surface area contributed by atoms with E-state index in [4.69, 9.17) is 4.74 Å². The lowest BCUT2D eigenvalue weighted by Crippen LogP contribution is -2.29. The van der Waals surface area contributed by atoms with E-state index in [2.05, 4.69) is 4.99 Å². The number of nitrogens with zero attached hydrogens (tertiary/aromatic N) is 1. The van der Waals surface area contributed by atoms with Crippen molar-refractivity contribution >= 4 is 12.2 Å². The van der Waals surface area contributed by atoms with Crippen molar-refractivity contribution in [1.29, 1.82) is 0 Å². The Balaban J connectivity index is 2.43. The van der Waals surface area contributed by atoms with Crippen LogP contribution in [0.2, 0.25) is 0 Å². The van der Waals surface area contributed by atoms with Crippen molar-refractivity contribution in [2.75, 3.05) is 0 Å². The van der Waals surface area contributed by atoms with E-state index in [1.54, 1.807) is 6.54 Å². The topological polar surface area (TPSA) is 38.7 Å². The summed E-state index contributed by atoms with van der Waals surface area (Å²) in [6.45, 7) is 7.28. The molecule has 3 heteroatoms. The molecule has 0 fully saturated rings. The van der Waals surface area contributed by atoms with Crippen LogP contribution < -0.4 is 0 Å². The zero-order valence-electron chi connectivity index (χ0n) is 8.41. The Morgan fingerprint density at radius 2 is 2.23 bits per heavy atom. The van der Waals surface area contributed by atoms with Gasteiger partial charge in [-0.3, -0.25) is 9.79 Å². The summed E-state index contributed by atoms with van der Waals surface area (Å²) in [6, 6.07) is 0. The van der Waals surface area contributed by atoms with Gasteiger partial charge >= 0.3 is 5.97 Å². The van der Waals surface area contributed by atoms with Gasteiger partial charge in [-0.05, 0) is 39.8 Å².